The first kappa shape index (κ1) is 10.9. The molecule has 1 aromatic carbocycles. The molecule has 0 spiro atoms. The van der Waals surface area contributed by atoms with Crippen molar-refractivity contribution in [2.24, 2.45) is 0 Å². The average molecular weight is 238 g/mol. The van der Waals surface area contributed by atoms with E-state index in [0.717, 1.165) is 0 Å². The molecule has 0 saturated carbocycles. The van der Waals surface area contributed by atoms with E-state index in [4.69, 9.17) is 16.3 Å². The highest BCUT2D eigenvalue weighted by molar-refractivity contribution is 6.29. The minimum absolute atomic E-state index is 0.183. The lowest BCUT2D eigenvalue weighted by Crippen LogP contribution is -1.91. The third-order valence-electron chi connectivity index (χ3n) is 2.08. The molecular weight excluding hydrogens is 229 g/mol. The first-order valence-electron chi connectivity index (χ1n) is 4.71. The Morgan fingerprint density at radius 3 is 2.88 bits per heavy atom. The van der Waals surface area contributed by atoms with E-state index in [0.29, 0.717) is 16.5 Å². The van der Waals surface area contributed by atoms with Gasteiger partial charge in [0.15, 0.2) is 11.6 Å². The molecule has 0 amide bonds. The summed E-state index contributed by atoms with van der Waals surface area (Å²) in [4.78, 5) is 3.81. The van der Waals surface area contributed by atoms with Crippen molar-refractivity contribution in [3.05, 3.63) is 53.1 Å². The van der Waals surface area contributed by atoms with E-state index in [1.165, 1.54) is 12.3 Å². The molecule has 2 aromatic rings. The van der Waals surface area contributed by atoms with Gasteiger partial charge in [-0.1, -0.05) is 23.7 Å². The summed E-state index contributed by atoms with van der Waals surface area (Å²) in [6.07, 6.45) is 1.51. The maximum Gasteiger partial charge on any atom is 0.168 e. The fourth-order valence-electron chi connectivity index (χ4n) is 1.27. The number of hydrogen-bond donors (Lipinski definition) is 0. The van der Waals surface area contributed by atoms with Crippen LogP contribution in [-0.4, -0.2) is 4.98 Å². The van der Waals surface area contributed by atoms with Gasteiger partial charge in [0.2, 0.25) is 0 Å². The number of rotatable bonds is 2. The summed E-state index contributed by atoms with van der Waals surface area (Å²) >= 11 is 5.70. The maximum atomic E-state index is 13.6. The Morgan fingerprint density at radius 2 is 2.12 bits per heavy atom. The van der Waals surface area contributed by atoms with Crippen LogP contribution in [0.4, 0.5) is 4.39 Å². The van der Waals surface area contributed by atoms with Crippen molar-refractivity contribution in [3.63, 3.8) is 0 Å². The van der Waals surface area contributed by atoms with E-state index in [2.05, 4.69) is 4.98 Å². The zero-order valence-electron chi connectivity index (χ0n) is 8.58. The molecular formula is C12H9ClFNO. The molecule has 0 radical (unpaired) electrons. The lowest BCUT2D eigenvalue weighted by Gasteiger charge is -2.07. The molecule has 82 valence electrons. The summed E-state index contributed by atoms with van der Waals surface area (Å²) in [5.41, 5.74) is 0.539. The van der Waals surface area contributed by atoms with Crippen LogP contribution in [0, 0.1) is 12.7 Å². The number of halogens is 2. The van der Waals surface area contributed by atoms with Gasteiger partial charge in [-0.25, -0.2) is 9.37 Å². The molecule has 2 rings (SSSR count). The maximum absolute atomic E-state index is 13.6. The predicted molar refractivity (Wildman–Crippen MR) is 60.5 cm³/mol. The normalized spacial score (nSPS) is 10.2. The second-order valence-electron chi connectivity index (χ2n) is 3.30. The van der Waals surface area contributed by atoms with Gasteiger partial charge in [0.25, 0.3) is 0 Å². The lowest BCUT2D eigenvalue weighted by atomic mass is 10.2. The molecule has 0 aliphatic rings. The highest BCUT2D eigenvalue weighted by Gasteiger charge is 2.07. The number of benzene rings is 1. The van der Waals surface area contributed by atoms with Crippen LogP contribution in [0.15, 0.2) is 36.5 Å². The molecule has 0 N–H and O–H groups in total. The first-order valence-corrected chi connectivity index (χ1v) is 5.09. The van der Waals surface area contributed by atoms with Gasteiger partial charge in [0.05, 0.1) is 0 Å². The smallest absolute Gasteiger partial charge is 0.168 e. The summed E-state index contributed by atoms with van der Waals surface area (Å²) in [5.74, 6) is 0.280. The Hall–Kier alpha value is -1.61. The Kier molecular flexibility index (Phi) is 3.06. The van der Waals surface area contributed by atoms with Crippen LogP contribution in [-0.2, 0) is 0 Å². The SMILES string of the molecule is Cc1cccc(Oc2ccnc(Cl)c2)c1F. The molecule has 16 heavy (non-hydrogen) atoms. The fraction of sp³-hybridized carbons (Fsp3) is 0.0833. The Labute approximate surface area is 97.7 Å². The second-order valence-corrected chi connectivity index (χ2v) is 3.69. The summed E-state index contributed by atoms with van der Waals surface area (Å²) in [6, 6.07) is 8.13. The van der Waals surface area contributed by atoms with Crippen LogP contribution >= 0.6 is 11.6 Å². The molecule has 0 saturated heterocycles. The van der Waals surface area contributed by atoms with Crippen LogP contribution in [0.3, 0.4) is 0 Å². The Bertz CT molecular complexity index is 516. The van der Waals surface area contributed by atoms with Crippen LogP contribution < -0.4 is 4.74 Å². The molecule has 1 aromatic heterocycles. The molecule has 2 nitrogen and oxygen atoms in total. The number of hydrogen-bond acceptors (Lipinski definition) is 2. The highest BCUT2D eigenvalue weighted by Crippen LogP contribution is 2.26. The van der Waals surface area contributed by atoms with Crippen LogP contribution in [0.2, 0.25) is 5.15 Å². The van der Waals surface area contributed by atoms with Crippen molar-refractivity contribution in [2.75, 3.05) is 0 Å². The zero-order chi connectivity index (χ0) is 11.5. The van der Waals surface area contributed by atoms with E-state index in [9.17, 15) is 4.39 Å². The zero-order valence-corrected chi connectivity index (χ0v) is 9.33. The number of ether oxygens (including phenoxy) is 1. The molecule has 1 heterocycles. The van der Waals surface area contributed by atoms with Gasteiger partial charge in [-0.05, 0) is 24.6 Å². The summed E-state index contributed by atoms with van der Waals surface area (Å²) < 4.78 is 19.0. The van der Waals surface area contributed by atoms with E-state index < -0.39 is 0 Å². The van der Waals surface area contributed by atoms with Crippen LogP contribution in [0.25, 0.3) is 0 Å². The summed E-state index contributed by atoms with van der Waals surface area (Å²) in [5, 5.41) is 0.311. The van der Waals surface area contributed by atoms with Crippen LogP contribution in [0.1, 0.15) is 5.56 Å². The number of nitrogens with zero attached hydrogens (tertiary/aromatic N) is 1. The van der Waals surface area contributed by atoms with Gasteiger partial charge >= 0.3 is 0 Å². The second kappa shape index (κ2) is 4.49. The van der Waals surface area contributed by atoms with Crippen molar-refractivity contribution in [1.82, 2.24) is 4.98 Å². The topological polar surface area (TPSA) is 22.1 Å². The predicted octanol–water partition coefficient (Wildman–Crippen LogP) is 3.97. The monoisotopic (exact) mass is 237 g/mol. The first-order chi connectivity index (χ1) is 7.66. The third kappa shape index (κ3) is 2.31. The standard InChI is InChI=1S/C12H9ClFNO/c1-8-3-2-4-10(12(8)14)16-9-5-6-15-11(13)7-9/h2-7H,1H3. The largest absolute Gasteiger partial charge is 0.454 e. The van der Waals surface area contributed by atoms with E-state index in [-0.39, 0.29) is 11.6 Å². The van der Waals surface area contributed by atoms with Crippen molar-refractivity contribution in [3.8, 4) is 11.5 Å². The molecule has 4 heteroatoms. The van der Waals surface area contributed by atoms with Gasteiger partial charge in [-0.2, -0.15) is 0 Å². The Balaban J connectivity index is 2.31. The van der Waals surface area contributed by atoms with Gasteiger partial charge in [-0.15, -0.1) is 0 Å². The van der Waals surface area contributed by atoms with E-state index in [1.54, 1.807) is 31.2 Å². The average Bonchev–Trinajstić information content (AvgIpc) is 2.25. The van der Waals surface area contributed by atoms with Gasteiger partial charge < -0.3 is 4.74 Å². The number of aromatic nitrogens is 1. The summed E-state index contributed by atoms with van der Waals surface area (Å²) in [7, 11) is 0. The minimum Gasteiger partial charge on any atom is -0.454 e. The lowest BCUT2D eigenvalue weighted by molar-refractivity contribution is 0.439. The number of aryl methyl sites for hydroxylation is 1. The van der Waals surface area contributed by atoms with Crippen LogP contribution in [0.5, 0.6) is 11.5 Å². The number of pyridine rings is 1. The quantitative estimate of drug-likeness (QED) is 0.738. The molecule has 0 unspecified atom stereocenters. The molecule has 0 aliphatic carbocycles. The van der Waals surface area contributed by atoms with Crippen molar-refractivity contribution in [1.29, 1.82) is 0 Å². The van der Waals surface area contributed by atoms with Gasteiger partial charge in [0, 0.05) is 12.3 Å². The van der Waals surface area contributed by atoms with E-state index in [1.807, 2.05) is 0 Å². The van der Waals surface area contributed by atoms with Crippen molar-refractivity contribution < 1.29 is 9.13 Å². The molecule has 0 bridgehead atoms. The molecule has 0 fully saturated rings. The van der Waals surface area contributed by atoms with Crippen molar-refractivity contribution >= 4 is 11.6 Å². The van der Waals surface area contributed by atoms with E-state index >= 15 is 0 Å². The summed E-state index contributed by atoms with van der Waals surface area (Å²) in [6.45, 7) is 1.68. The Morgan fingerprint density at radius 1 is 1.31 bits per heavy atom. The highest BCUT2D eigenvalue weighted by atomic mass is 35.5. The minimum atomic E-state index is -0.365. The van der Waals surface area contributed by atoms with Crippen molar-refractivity contribution in [2.45, 2.75) is 6.92 Å². The molecule has 0 aliphatic heterocycles. The third-order valence-corrected chi connectivity index (χ3v) is 2.29. The van der Waals surface area contributed by atoms with Gasteiger partial charge in [-0.3, -0.25) is 0 Å². The molecule has 0 atom stereocenters. The fourth-order valence-corrected chi connectivity index (χ4v) is 1.44. The van der Waals surface area contributed by atoms with Gasteiger partial charge in [0.1, 0.15) is 10.9 Å².